The molecule has 3 aromatic heterocycles. The van der Waals surface area contributed by atoms with Gasteiger partial charge in [0.2, 0.25) is 0 Å². The first kappa shape index (κ1) is 74.3. The first-order valence-corrected chi connectivity index (χ1v) is 41.6. The van der Waals surface area contributed by atoms with Crippen molar-refractivity contribution in [2.75, 3.05) is 0 Å². The Morgan fingerprint density at radius 3 is 0.667 bits per heavy atom. The fraction of sp³-hybridized carbons (Fsp3) is 0.0263. The normalized spacial score (nSPS) is 11.9. The zero-order chi connectivity index (χ0) is 82.2. The number of nitrogens with zero attached hydrogens (tertiary/aromatic N) is 9. The Hall–Kier alpha value is -16.2. The van der Waals surface area contributed by atoms with Crippen molar-refractivity contribution >= 4 is 64.6 Å². The van der Waals surface area contributed by atoms with Crippen LogP contribution in [0.4, 0.5) is 0 Å². The summed E-state index contributed by atoms with van der Waals surface area (Å²) in [5, 5.41) is 15.3. The average molecular weight is 1570 g/mol. The largest absolute Gasteiger partial charge is 0.208 e. The van der Waals surface area contributed by atoms with Crippen LogP contribution in [0.25, 0.3) is 212 Å². The molecule has 1 aliphatic rings. The molecule has 0 aliphatic heterocycles. The zero-order valence-corrected chi connectivity index (χ0v) is 67.5. The molecule has 0 unspecified atom stereocenters. The highest BCUT2D eigenvalue weighted by Gasteiger charge is 2.35. The molecule has 9 nitrogen and oxygen atoms in total. The van der Waals surface area contributed by atoms with Crippen LogP contribution in [0.3, 0.4) is 0 Å². The third kappa shape index (κ3) is 14.6. The summed E-state index contributed by atoms with van der Waals surface area (Å²) in [6.45, 7) is 4.64. The zero-order valence-electron chi connectivity index (χ0n) is 67.5. The van der Waals surface area contributed by atoms with Gasteiger partial charge in [0.25, 0.3) is 0 Å². The molecule has 1 aliphatic carbocycles. The van der Waals surface area contributed by atoms with Gasteiger partial charge in [0.15, 0.2) is 52.4 Å². The lowest BCUT2D eigenvalue weighted by Gasteiger charge is -2.22. The van der Waals surface area contributed by atoms with Gasteiger partial charge in [-0.05, 0) is 145 Å². The molecular weight excluding hydrogens is 1500 g/mol. The molecule has 0 bridgehead atoms. The van der Waals surface area contributed by atoms with E-state index in [9.17, 15) is 0 Å². The van der Waals surface area contributed by atoms with Crippen LogP contribution in [-0.2, 0) is 5.41 Å². The van der Waals surface area contributed by atoms with Gasteiger partial charge < -0.3 is 0 Å². The predicted octanol–water partition coefficient (Wildman–Crippen LogP) is 28.8. The van der Waals surface area contributed by atoms with E-state index in [0.29, 0.717) is 52.4 Å². The van der Waals surface area contributed by atoms with Crippen LogP contribution in [-0.4, -0.2) is 44.9 Å². The minimum absolute atomic E-state index is 0.0194. The van der Waals surface area contributed by atoms with Gasteiger partial charge in [-0.15, -0.1) is 0 Å². The van der Waals surface area contributed by atoms with E-state index in [-0.39, 0.29) is 5.41 Å². The van der Waals surface area contributed by atoms with E-state index in [1.807, 2.05) is 182 Å². The third-order valence-corrected chi connectivity index (χ3v) is 23.6. The lowest BCUT2D eigenvalue weighted by Crippen LogP contribution is -2.14. The van der Waals surface area contributed by atoms with Crippen molar-refractivity contribution < 1.29 is 0 Å². The molecule has 0 saturated carbocycles. The van der Waals surface area contributed by atoms with Crippen LogP contribution in [0.15, 0.2) is 431 Å². The fourth-order valence-corrected chi connectivity index (χ4v) is 17.3. The van der Waals surface area contributed by atoms with Crippen molar-refractivity contribution in [1.29, 1.82) is 0 Å². The molecule has 0 atom stereocenters. The highest BCUT2D eigenvalue weighted by Crippen LogP contribution is 2.50. The molecule has 23 rings (SSSR count). The Morgan fingerprint density at radius 1 is 0.130 bits per heavy atom. The number of aromatic nitrogens is 9. The molecular formula is C114H77N9. The first-order chi connectivity index (χ1) is 60.7. The molecule has 0 radical (unpaired) electrons. The van der Waals surface area contributed by atoms with E-state index in [1.54, 1.807) is 0 Å². The molecule has 22 aromatic rings. The predicted molar refractivity (Wildman–Crippen MR) is 507 cm³/mol. The number of hydrogen-bond acceptors (Lipinski definition) is 9. The number of fused-ring (bicyclic) bond motifs is 15. The molecule has 0 fully saturated rings. The van der Waals surface area contributed by atoms with Crippen molar-refractivity contribution in [2.24, 2.45) is 0 Å². The summed E-state index contributed by atoms with van der Waals surface area (Å²) < 4.78 is 0. The summed E-state index contributed by atoms with van der Waals surface area (Å²) in [4.78, 5) is 43.8. The monoisotopic (exact) mass is 1570 g/mol. The van der Waals surface area contributed by atoms with Gasteiger partial charge in [0, 0.05) is 55.5 Å². The maximum atomic E-state index is 4.94. The quantitative estimate of drug-likeness (QED) is 0.110. The topological polar surface area (TPSA) is 116 Å². The second-order valence-electron chi connectivity index (χ2n) is 31.5. The molecule has 0 saturated heterocycles. The molecule has 0 spiro atoms. The van der Waals surface area contributed by atoms with Crippen molar-refractivity contribution in [1.82, 2.24) is 44.9 Å². The van der Waals surface area contributed by atoms with Crippen LogP contribution < -0.4 is 0 Å². The second-order valence-corrected chi connectivity index (χ2v) is 31.5. The van der Waals surface area contributed by atoms with Crippen LogP contribution in [0, 0.1) is 0 Å². The molecule has 0 amide bonds. The molecule has 0 N–H and O–H groups in total. The van der Waals surface area contributed by atoms with E-state index in [2.05, 4.69) is 263 Å². The third-order valence-electron chi connectivity index (χ3n) is 23.6. The fourth-order valence-electron chi connectivity index (χ4n) is 17.3. The van der Waals surface area contributed by atoms with Crippen molar-refractivity contribution in [3.8, 4) is 147 Å². The summed E-state index contributed by atoms with van der Waals surface area (Å²) in [5.74, 6) is 5.97. The van der Waals surface area contributed by atoms with Gasteiger partial charge in [-0.1, -0.05) is 420 Å². The van der Waals surface area contributed by atoms with Gasteiger partial charge in [-0.3, -0.25) is 0 Å². The lowest BCUT2D eigenvalue weighted by molar-refractivity contribution is 0.660. The van der Waals surface area contributed by atoms with E-state index in [4.69, 9.17) is 44.9 Å². The van der Waals surface area contributed by atoms with Gasteiger partial charge >= 0.3 is 0 Å². The van der Waals surface area contributed by atoms with Crippen molar-refractivity contribution in [2.45, 2.75) is 19.3 Å². The minimum Gasteiger partial charge on any atom is -0.208 e. The van der Waals surface area contributed by atoms with Crippen LogP contribution in [0.1, 0.15) is 25.0 Å². The molecule has 19 aromatic carbocycles. The summed E-state index contributed by atoms with van der Waals surface area (Å²) >= 11 is 0. The van der Waals surface area contributed by atoms with E-state index in [1.165, 1.54) is 104 Å². The van der Waals surface area contributed by atoms with E-state index in [0.717, 1.165) is 66.8 Å². The minimum atomic E-state index is -0.0194. The highest BCUT2D eigenvalue weighted by atomic mass is 15.1. The van der Waals surface area contributed by atoms with E-state index < -0.39 is 0 Å². The Balaban J connectivity index is 0.000000113. The average Bonchev–Trinajstić information content (AvgIpc) is 1.27. The maximum absolute atomic E-state index is 4.94. The van der Waals surface area contributed by atoms with Gasteiger partial charge in [0.1, 0.15) is 0 Å². The lowest BCUT2D eigenvalue weighted by atomic mass is 9.81. The Bertz CT molecular complexity index is 7480. The maximum Gasteiger partial charge on any atom is 0.164 e. The highest BCUT2D eigenvalue weighted by molar-refractivity contribution is 6.27. The van der Waals surface area contributed by atoms with Crippen molar-refractivity contribution in [3.63, 3.8) is 0 Å². The molecule has 578 valence electrons. The molecule has 3 heterocycles. The van der Waals surface area contributed by atoms with Crippen LogP contribution in [0.5, 0.6) is 0 Å². The number of rotatable bonds is 12. The summed E-state index contributed by atoms with van der Waals surface area (Å²) in [6, 6.07) is 150. The summed E-state index contributed by atoms with van der Waals surface area (Å²) in [6.07, 6.45) is 0. The van der Waals surface area contributed by atoms with Crippen molar-refractivity contribution in [3.05, 3.63) is 442 Å². The Kier molecular flexibility index (Phi) is 19.5. The first-order valence-electron chi connectivity index (χ1n) is 41.6. The van der Waals surface area contributed by atoms with Crippen LogP contribution >= 0.6 is 0 Å². The number of hydrogen-bond donors (Lipinski definition) is 0. The van der Waals surface area contributed by atoms with Gasteiger partial charge in [-0.25, -0.2) is 44.9 Å². The SMILES string of the molecule is CC1(C)c2ccccc2-c2ccc(-c3ccc(-c4nc(-c5ccccc5)nc(-c5ccccc5)n4)cc3)cc21.c1ccc(-c2nc(-c3ccccc3)nc(-c3ccc(-c4ccc5c6ccccc6c6ccccc6c5c4)cc3)n2)cc1.c1ccc(-c2nc(-c3ccccc3)nc(-c3cccc(-c4ccc5c6ccccc6c6ccccc6c5c4)c3)n2)cc1. The Labute approximate surface area is 712 Å². The Morgan fingerprint density at radius 2 is 0.333 bits per heavy atom. The number of benzene rings is 19. The van der Waals surface area contributed by atoms with Gasteiger partial charge in [0.05, 0.1) is 0 Å². The smallest absolute Gasteiger partial charge is 0.164 e. The molecule has 123 heavy (non-hydrogen) atoms. The van der Waals surface area contributed by atoms with Gasteiger partial charge in [-0.2, -0.15) is 0 Å². The van der Waals surface area contributed by atoms with E-state index >= 15 is 0 Å². The summed E-state index contributed by atoms with van der Waals surface area (Å²) in [5.41, 5.74) is 21.1. The summed E-state index contributed by atoms with van der Waals surface area (Å²) in [7, 11) is 0. The van der Waals surface area contributed by atoms with Crippen LogP contribution in [0.2, 0.25) is 0 Å². The second kappa shape index (κ2) is 32.2. The molecule has 9 heteroatoms. The standard InChI is InChI=1S/2C39H25N3.C36H27N3/c1-3-12-26(13-4-1)37-40-38(27-14-5-2-6-15-27)42-39(41-37)30-17-11-16-28(24-30)29-22-23-35-33-20-8-7-18-31(33)32-19-9-10-21-34(32)36(35)25-29;1-3-11-27(12-4-1)37-40-38(28-13-5-2-6-14-28)42-39(41-37)29-21-19-26(20-22-29)30-23-24-35-33-17-8-7-15-31(33)32-16-9-10-18-34(32)36(35)25-30;1-36(2)31-16-10-9-15-29(31)30-22-21-28(23-32(30)36)24-17-19-27(20-18-24)35-38-33(25-11-5-3-6-12-25)37-34(39-35)26-13-7-4-8-14-26/h2*1-25H;3-23H,1-2H3.